The second-order valence-corrected chi connectivity index (χ2v) is 12.1. The Hall–Kier alpha value is -5.12. The third kappa shape index (κ3) is 6.75. The smallest absolute Gasteiger partial charge is 0.297 e. The average molecular weight is 646 g/mol. The third-order valence-corrected chi connectivity index (χ3v) is 8.60. The van der Waals surface area contributed by atoms with E-state index in [1.54, 1.807) is 65.1 Å². The van der Waals surface area contributed by atoms with Crippen molar-refractivity contribution in [3.05, 3.63) is 89.9 Å². The second-order valence-electron chi connectivity index (χ2n) is 10.5. The number of hydrogen-bond donors (Lipinski definition) is 1. The number of rotatable bonds is 10. The van der Waals surface area contributed by atoms with Crippen molar-refractivity contribution < 1.29 is 31.7 Å². The lowest BCUT2D eigenvalue weighted by Crippen LogP contribution is -2.41. The molecular weight excluding hydrogens is 614 g/mol. The van der Waals surface area contributed by atoms with Gasteiger partial charge in [0.15, 0.2) is 11.5 Å². The molecule has 2 amide bonds. The van der Waals surface area contributed by atoms with Crippen LogP contribution in [0.5, 0.6) is 5.75 Å². The molecule has 0 unspecified atom stereocenters. The van der Waals surface area contributed by atoms with Crippen LogP contribution in [0.4, 0.5) is 5.69 Å². The van der Waals surface area contributed by atoms with Crippen molar-refractivity contribution >= 4 is 33.3 Å². The number of aromatic nitrogens is 5. The number of carbonyl (C=O) groups is 2. The van der Waals surface area contributed by atoms with E-state index in [9.17, 15) is 18.0 Å². The van der Waals surface area contributed by atoms with Crippen molar-refractivity contribution in [3.8, 4) is 17.1 Å². The van der Waals surface area contributed by atoms with Gasteiger partial charge in [-0.15, -0.1) is 5.10 Å². The first-order valence-electron chi connectivity index (χ1n) is 14.4. The molecule has 46 heavy (non-hydrogen) atoms. The quantitative estimate of drug-likeness (QED) is 0.177. The topological polar surface area (TPSA) is 159 Å². The molecule has 4 heterocycles. The van der Waals surface area contributed by atoms with E-state index < -0.39 is 16.0 Å². The van der Waals surface area contributed by atoms with Gasteiger partial charge in [-0.1, -0.05) is 29.8 Å². The van der Waals surface area contributed by atoms with Crippen LogP contribution in [0.15, 0.2) is 78.0 Å². The second kappa shape index (κ2) is 13.1. The Bertz CT molecular complexity index is 2000. The number of benzene rings is 2. The Morgan fingerprint density at radius 1 is 1.02 bits per heavy atom. The van der Waals surface area contributed by atoms with Gasteiger partial charge in [-0.25, -0.2) is 9.50 Å². The fourth-order valence-electron chi connectivity index (χ4n) is 4.87. The highest BCUT2D eigenvalue weighted by atomic mass is 32.2. The van der Waals surface area contributed by atoms with E-state index >= 15 is 0 Å². The first-order valence-corrected chi connectivity index (χ1v) is 15.8. The van der Waals surface area contributed by atoms with Crippen LogP contribution in [-0.4, -0.2) is 89.0 Å². The normalized spacial score (nSPS) is 13.6. The van der Waals surface area contributed by atoms with Crippen LogP contribution in [0.1, 0.15) is 26.4 Å². The molecule has 1 aliphatic rings. The molecule has 3 aromatic heterocycles. The molecule has 5 aromatic rings. The first-order chi connectivity index (χ1) is 22.2. The maximum atomic E-state index is 13.3. The van der Waals surface area contributed by atoms with E-state index in [2.05, 4.69) is 20.5 Å². The molecule has 0 radical (unpaired) electrons. The molecule has 0 aliphatic carbocycles. The Labute approximate surface area is 264 Å². The highest BCUT2D eigenvalue weighted by Crippen LogP contribution is 2.23. The molecule has 2 aromatic carbocycles. The number of morpholine rings is 1. The van der Waals surface area contributed by atoms with Gasteiger partial charge in [0.2, 0.25) is 0 Å². The molecule has 1 aliphatic heterocycles. The zero-order valence-corrected chi connectivity index (χ0v) is 25.9. The number of aryl methyl sites for hydroxylation is 2. The van der Waals surface area contributed by atoms with Gasteiger partial charge >= 0.3 is 0 Å². The molecule has 0 saturated carbocycles. The van der Waals surface area contributed by atoms with Gasteiger partial charge < -0.3 is 19.7 Å². The molecule has 1 N–H and O–H groups in total. The maximum absolute atomic E-state index is 13.3. The van der Waals surface area contributed by atoms with Gasteiger partial charge in [0, 0.05) is 43.7 Å². The predicted octanol–water partition coefficient (Wildman–Crippen LogP) is 2.95. The van der Waals surface area contributed by atoms with E-state index in [0.29, 0.717) is 54.8 Å². The number of anilines is 1. The van der Waals surface area contributed by atoms with Crippen molar-refractivity contribution in [2.24, 2.45) is 7.05 Å². The minimum Gasteiger partial charge on any atom is -0.491 e. The summed E-state index contributed by atoms with van der Waals surface area (Å²) >= 11 is 0. The highest BCUT2D eigenvalue weighted by Gasteiger charge is 2.27. The van der Waals surface area contributed by atoms with Crippen LogP contribution in [0.3, 0.4) is 0 Å². The molecule has 1 fully saturated rings. The van der Waals surface area contributed by atoms with Crippen LogP contribution in [0.2, 0.25) is 0 Å². The zero-order valence-electron chi connectivity index (χ0n) is 25.1. The monoisotopic (exact) mass is 645 g/mol. The largest absolute Gasteiger partial charge is 0.491 e. The van der Waals surface area contributed by atoms with Crippen molar-refractivity contribution in [3.63, 3.8) is 0 Å². The van der Waals surface area contributed by atoms with Crippen LogP contribution >= 0.6 is 0 Å². The number of nitrogens with one attached hydrogen (secondary N) is 1. The van der Waals surface area contributed by atoms with Gasteiger partial charge in [0.25, 0.3) is 21.9 Å². The van der Waals surface area contributed by atoms with Gasteiger partial charge in [0.05, 0.1) is 29.9 Å². The summed E-state index contributed by atoms with van der Waals surface area (Å²) in [4.78, 5) is 32.7. The van der Waals surface area contributed by atoms with Crippen molar-refractivity contribution in [2.75, 3.05) is 44.8 Å². The number of hydrogen-bond acceptors (Lipinski definition) is 10. The average Bonchev–Trinajstić information content (AvgIpc) is 3.67. The van der Waals surface area contributed by atoms with E-state index in [-0.39, 0.29) is 35.3 Å². The summed E-state index contributed by atoms with van der Waals surface area (Å²) in [7, 11) is -2.28. The SMILES string of the molecule is Cc1ccc(S(=O)(=O)OCCOc2cccc(-c3nc4cc(NC(=O)c5c(C(=O)N6CCOCC6)cnn5C)ccn4n3)c2)cc1. The van der Waals surface area contributed by atoms with Gasteiger partial charge in [-0.05, 0) is 37.3 Å². The molecule has 6 rings (SSSR count). The van der Waals surface area contributed by atoms with Gasteiger partial charge in [0.1, 0.15) is 24.7 Å². The zero-order chi connectivity index (χ0) is 32.3. The van der Waals surface area contributed by atoms with E-state index in [1.165, 1.54) is 23.0 Å². The van der Waals surface area contributed by atoms with Crippen LogP contribution in [0.25, 0.3) is 17.0 Å². The van der Waals surface area contributed by atoms with E-state index in [0.717, 1.165) is 5.56 Å². The summed E-state index contributed by atoms with van der Waals surface area (Å²) in [6, 6.07) is 16.8. The number of carbonyl (C=O) groups excluding carboxylic acids is 2. The minimum atomic E-state index is -3.89. The van der Waals surface area contributed by atoms with Gasteiger partial charge in [-0.2, -0.15) is 13.5 Å². The summed E-state index contributed by atoms with van der Waals surface area (Å²) in [5, 5.41) is 11.5. The lowest BCUT2D eigenvalue weighted by Gasteiger charge is -2.26. The molecule has 15 heteroatoms. The lowest BCUT2D eigenvalue weighted by molar-refractivity contribution is 0.0302. The summed E-state index contributed by atoms with van der Waals surface area (Å²) in [5.74, 6) is 0.141. The van der Waals surface area contributed by atoms with Crippen LogP contribution in [0, 0.1) is 6.92 Å². The molecule has 0 spiro atoms. The maximum Gasteiger partial charge on any atom is 0.297 e. The third-order valence-electron chi connectivity index (χ3n) is 7.27. The number of nitrogens with zero attached hydrogens (tertiary/aromatic N) is 6. The molecule has 14 nitrogen and oxygen atoms in total. The summed E-state index contributed by atoms with van der Waals surface area (Å²) in [6.45, 7) is 3.50. The van der Waals surface area contributed by atoms with Crippen molar-refractivity contribution in [1.29, 1.82) is 0 Å². The van der Waals surface area contributed by atoms with Crippen LogP contribution in [-0.2, 0) is 26.1 Å². The molecule has 1 saturated heterocycles. The number of amides is 2. The fourth-order valence-corrected chi connectivity index (χ4v) is 5.77. The Balaban J connectivity index is 1.10. The Morgan fingerprint density at radius 3 is 2.59 bits per heavy atom. The standard InChI is InChI=1S/C31H31N7O7S/c1-21-6-8-25(9-7-21)46(41,42)45-17-16-44-24-5-3-4-22(18-24)29-34-27-19-23(10-11-38(27)35-29)33-30(39)28-26(20-32-36(28)2)31(40)37-12-14-43-15-13-37/h3-11,18-20H,12-17H2,1-2H3,(H,33,39). The summed E-state index contributed by atoms with van der Waals surface area (Å²) in [5.41, 5.74) is 2.91. The molecule has 238 valence electrons. The molecular formula is C31H31N7O7S. The fraction of sp³-hybridized carbons (Fsp3) is 0.258. The van der Waals surface area contributed by atoms with E-state index in [1.807, 2.05) is 13.0 Å². The van der Waals surface area contributed by atoms with Crippen LogP contribution < -0.4 is 10.1 Å². The molecule has 0 bridgehead atoms. The lowest BCUT2D eigenvalue weighted by atomic mass is 10.2. The Kier molecular flexibility index (Phi) is 8.78. The minimum absolute atomic E-state index is 0.00657. The number of fused-ring (bicyclic) bond motifs is 1. The highest BCUT2D eigenvalue weighted by molar-refractivity contribution is 7.86. The van der Waals surface area contributed by atoms with E-state index in [4.69, 9.17) is 13.7 Å². The van der Waals surface area contributed by atoms with Crippen molar-refractivity contribution in [2.45, 2.75) is 11.8 Å². The predicted molar refractivity (Wildman–Crippen MR) is 166 cm³/mol. The molecule has 0 atom stereocenters. The first kappa shape index (κ1) is 30.9. The summed E-state index contributed by atoms with van der Waals surface area (Å²) < 4.78 is 43.9. The number of pyridine rings is 1. The Morgan fingerprint density at radius 2 is 1.80 bits per heavy atom. The van der Waals surface area contributed by atoms with Gasteiger partial charge in [-0.3, -0.25) is 18.5 Å². The number of ether oxygens (including phenoxy) is 2. The van der Waals surface area contributed by atoms with Crippen molar-refractivity contribution in [1.82, 2.24) is 29.3 Å². The summed E-state index contributed by atoms with van der Waals surface area (Å²) in [6.07, 6.45) is 3.07.